The Morgan fingerprint density at radius 2 is 1.52 bits per heavy atom. The van der Waals surface area contributed by atoms with E-state index in [1.165, 1.54) is 4.90 Å². The minimum Gasteiger partial charge on any atom is -0.461 e. The number of ketones is 1. The lowest BCUT2D eigenvalue weighted by molar-refractivity contribution is -0.152. The van der Waals surface area contributed by atoms with Crippen molar-refractivity contribution >= 4 is 35.5 Å². The van der Waals surface area contributed by atoms with Crippen molar-refractivity contribution in [3.05, 3.63) is 24.8 Å². The zero-order valence-corrected chi connectivity index (χ0v) is 26.0. The van der Waals surface area contributed by atoms with Crippen molar-refractivity contribution in [3.63, 3.8) is 0 Å². The highest BCUT2D eigenvalue weighted by Crippen LogP contribution is 2.30. The zero-order chi connectivity index (χ0) is 32.2. The van der Waals surface area contributed by atoms with Crippen LogP contribution in [-0.2, 0) is 28.7 Å². The predicted octanol–water partition coefficient (Wildman–Crippen LogP) is 1.59. The van der Waals surface area contributed by atoms with Crippen molar-refractivity contribution in [2.45, 2.75) is 98.5 Å². The first-order chi connectivity index (χ1) is 19.3. The Morgan fingerprint density at radius 3 is 1.98 bits per heavy atom. The molecule has 5 amide bonds. The van der Waals surface area contributed by atoms with E-state index in [1.807, 2.05) is 12.2 Å². The van der Waals surface area contributed by atoms with Gasteiger partial charge < -0.3 is 31.3 Å². The lowest BCUT2D eigenvalue weighted by Crippen LogP contribution is -2.62. The third-order valence-corrected chi connectivity index (χ3v) is 7.22. The molecule has 0 bridgehead atoms. The summed E-state index contributed by atoms with van der Waals surface area (Å²) in [5.41, 5.74) is 3.73. The van der Waals surface area contributed by atoms with Gasteiger partial charge in [-0.2, -0.15) is 0 Å². The van der Waals surface area contributed by atoms with Crippen molar-refractivity contribution in [3.8, 4) is 0 Å². The van der Waals surface area contributed by atoms with Gasteiger partial charge in [0.15, 0.2) is 0 Å². The van der Waals surface area contributed by atoms with Gasteiger partial charge in [0.25, 0.3) is 5.91 Å². The predicted molar refractivity (Wildman–Crippen MR) is 157 cm³/mol. The normalized spacial score (nSPS) is 20.7. The van der Waals surface area contributed by atoms with Crippen LogP contribution in [0.4, 0.5) is 4.79 Å². The Labute approximate surface area is 248 Å². The fraction of sp³-hybridized carbons (Fsp3) is 0.667. The zero-order valence-electron chi connectivity index (χ0n) is 26.0. The quantitative estimate of drug-likeness (QED) is 0.152. The van der Waals surface area contributed by atoms with Crippen LogP contribution in [0.2, 0.25) is 0 Å². The van der Waals surface area contributed by atoms with Gasteiger partial charge in [-0.3, -0.25) is 19.2 Å². The van der Waals surface area contributed by atoms with Gasteiger partial charge in [-0.15, -0.1) is 6.58 Å². The first-order valence-electron chi connectivity index (χ1n) is 14.3. The van der Waals surface area contributed by atoms with E-state index in [0.717, 1.165) is 0 Å². The number of primary amides is 1. The van der Waals surface area contributed by atoms with Crippen LogP contribution in [0.1, 0.15) is 68.2 Å². The van der Waals surface area contributed by atoms with Gasteiger partial charge in [-0.05, 0) is 49.4 Å². The molecule has 0 radical (unpaired) electrons. The van der Waals surface area contributed by atoms with Gasteiger partial charge in [0.2, 0.25) is 17.6 Å². The number of rotatable bonds is 12. The Hall–Kier alpha value is -3.70. The number of esters is 1. The molecule has 2 rings (SSSR count). The van der Waals surface area contributed by atoms with Crippen LogP contribution >= 0.6 is 0 Å². The lowest BCUT2D eigenvalue weighted by atomic mass is 9.85. The van der Waals surface area contributed by atoms with Gasteiger partial charge in [0, 0.05) is 6.54 Å². The summed E-state index contributed by atoms with van der Waals surface area (Å²) < 4.78 is 5.33. The standard InChI is InChI=1S/C30H47N5O7/c1-10-17-14-20(25(38)32-19(13-18-11-12-18)21(36)24(31)37)35(15-17)26(39)22(29(4,5)6)33-28(41)34-23(30(7,8)9)27(40)42-16(2)3/h10-12,16-20,22-23H,1,13-15H2,2-9H3,(H2,31,37)(H,32,38)(H2,33,34,41)/t17-,19?,20+,22-,23-/m1/s1. The van der Waals surface area contributed by atoms with Gasteiger partial charge >= 0.3 is 12.0 Å². The van der Waals surface area contributed by atoms with Crippen molar-refractivity contribution < 1.29 is 33.5 Å². The molecule has 2 aliphatic rings. The van der Waals surface area contributed by atoms with Crippen molar-refractivity contribution in [1.82, 2.24) is 20.9 Å². The number of ether oxygens (including phenoxy) is 1. The monoisotopic (exact) mass is 589 g/mol. The van der Waals surface area contributed by atoms with E-state index in [-0.39, 0.29) is 37.3 Å². The summed E-state index contributed by atoms with van der Waals surface area (Å²) in [5.74, 6) is -4.02. The number of likely N-dealkylation sites (tertiary alicyclic amines) is 1. The van der Waals surface area contributed by atoms with E-state index in [4.69, 9.17) is 10.5 Å². The van der Waals surface area contributed by atoms with Gasteiger partial charge in [0.05, 0.1) is 12.1 Å². The highest BCUT2D eigenvalue weighted by molar-refractivity contribution is 6.37. The fourth-order valence-electron chi connectivity index (χ4n) is 4.76. The minimum absolute atomic E-state index is 0.0245. The van der Waals surface area contributed by atoms with E-state index >= 15 is 0 Å². The van der Waals surface area contributed by atoms with Crippen LogP contribution in [0.25, 0.3) is 0 Å². The van der Waals surface area contributed by atoms with E-state index in [9.17, 15) is 28.8 Å². The number of Topliss-reactive ketones (excluding diaryl/α,β-unsaturated/α-hetero) is 1. The largest absolute Gasteiger partial charge is 0.461 e. The molecule has 5 atom stereocenters. The Kier molecular flexibility index (Phi) is 11.1. The number of allylic oxidation sites excluding steroid dienone is 2. The van der Waals surface area contributed by atoms with Gasteiger partial charge in [-0.25, -0.2) is 9.59 Å². The number of hydrogen-bond acceptors (Lipinski definition) is 7. The first kappa shape index (κ1) is 34.5. The number of carbonyl (C=O) groups is 6. The molecule has 0 aromatic rings. The third-order valence-electron chi connectivity index (χ3n) is 7.22. The molecule has 5 N–H and O–H groups in total. The van der Waals surface area contributed by atoms with Crippen LogP contribution in [0, 0.1) is 22.7 Å². The van der Waals surface area contributed by atoms with E-state index in [1.54, 1.807) is 61.5 Å². The number of nitrogens with one attached hydrogen (secondary N) is 3. The summed E-state index contributed by atoms with van der Waals surface area (Å²) >= 11 is 0. The maximum Gasteiger partial charge on any atom is 0.329 e. The Bertz CT molecular complexity index is 1110. The van der Waals surface area contributed by atoms with E-state index in [0.29, 0.717) is 0 Å². The van der Waals surface area contributed by atoms with Gasteiger partial charge in [0.1, 0.15) is 18.1 Å². The molecule has 0 spiro atoms. The number of nitrogens with two attached hydrogens (primary N) is 1. The van der Waals surface area contributed by atoms with Crippen molar-refractivity contribution in [1.29, 1.82) is 0 Å². The highest BCUT2D eigenvalue weighted by Gasteiger charge is 2.45. The maximum atomic E-state index is 14.0. The molecule has 0 aromatic carbocycles. The molecular weight excluding hydrogens is 542 g/mol. The average Bonchev–Trinajstić information content (AvgIpc) is 3.56. The molecular formula is C30H47N5O7. The first-order valence-corrected chi connectivity index (χ1v) is 14.3. The van der Waals surface area contributed by atoms with Gasteiger partial charge in [-0.1, -0.05) is 59.8 Å². The lowest BCUT2D eigenvalue weighted by Gasteiger charge is -2.36. The molecule has 0 aromatic heterocycles. The Morgan fingerprint density at radius 1 is 0.976 bits per heavy atom. The van der Waals surface area contributed by atoms with Crippen molar-refractivity contribution in [2.75, 3.05) is 6.54 Å². The minimum atomic E-state index is -1.15. The molecule has 42 heavy (non-hydrogen) atoms. The van der Waals surface area contributed by atoms with Crippen LogP contribution < -0.4 is 21.7 Å². The molecule has 1 saturated heterocycles. The molecule has 1 aliphatic carbocycles. The van der Waals surface area contributed by atoms with E-state index < -0.39 is 70.5 Å². The number of nitrogens with zero attached hydrogens (tertiary/aromatic N) is 1. The summed E-state index contributed by atoms with van der Waals surface area (Å²) in [7, 11) is 0. The molecule has 12 heteroatoms. The Balaban J connectivity index is 2.28. The third kappa shape index (κ3) is 9.42. The van der Waals surface area contributed by atoms with Crippen LogP contribution in [0.3, 0.4) is 0 Å². The van der Waals surface area contributed by atoms with Crippen LogP contribution in [0.5, 0.6) is 0 Å². The number of hydrogen-bond donors (Lipinski definition) is 4. The van der Waals surface area contributed by atoms with E-state index in [2.05, 4.69) is 22.5 Å². The number of amides is 5. The highest BCUT2D eigenvalue weighted by atomic mass is 16.5. The second kappa shape index (κ2) is 13.5. The molecule has 234 valence electrons. The summed E-state index contributed by atoms with van der Waals surface area (Å²) in [6.07, 6.45) is 5.38. The second-order valence-electron chi connectivity index (χ2n) is 13.5. The molecule has 0 saturated carbocycles. The molecule has 1 heterocycles. The summed E-state index contributed by atoms with van der Waals surface area (Å²) in [5, 5.41) is 8.00. The molecule has 1 unspecified atom stereocenters. The number of urea groups is 1. The summed E-state index contributed by atoms with van der Waals surface area (Å²) in [4.78, 5) is 78.8. The fourth-order valence-corrected chi connectivity index (χ4v) is 4.76. The summed E-state index contributed by atoms with van der Waals surface area (Å²) in [6.45, 7) is 18.0. The molecule has 1 aliphatic heterocycles. The molecule has 1 fully saturated rings. The smallest absolute Gasteiger partial charge is 0.329 e. The van der Waals surface area contributed by atoms with Crippen LogP contribution in [0.15, 0.2) is 24.8 Å². The molecule has 12 nitrogen and oxygen atoms in total. The second-order valence-corrected chi connectivity index (χ2v) is 13.5. The van der Waals surface area contributed by atoms with Crippen LogP contribution in [-0.4, -0.2) is 77.2 Å². The average molecular weight is 590 g/mol. The van der Waals surface area contributed by atoms with Crippen molar-refractivity contribution in [2.24, 2.45) is 28.4 Å². The number of carbonyl (C=O) groups excluding carboxylic acids is 6. The SMILES string of the molecule is C=C[C@@H]1C[C@@H](C(=O)NC(CC2C=C2)C(=O)C(N)=O)N(C(=O)[C@@H](NC(=O)N[C@H](C(=O)OC(C)C)C(C)(C)C)C(C)(C)C)C1. The summed E-state index contributed by atoms with van der Waals surface area (Å²) in [6, 6.07) is -4.93. The maximum absolute atomic E-state index is 14.0. The topological polar surface area (TPSA) is 177 Å².